The quantitative estimate of drug-likeness (QED) is 0.921. The summed E-state index contributed by atoms with van der Waals surface area (Å²) >= 11 is 0. The predicted molar refractivity (Wildman–Crippen MR) is 88.3 cm³/mol. The fourth-order valence-corrected chi connectivity index (χ4v) is 3.48. The molecule has 124 valence electrons. The molecule has 4 nitrogen and oxygen atoms in total. The van der Waals surface area contributed by atoms with E-state index in [0.29, 0.717) is 19.5 Å². The summed E-state index contributed by atoms with van der Waals surface area (Å²) in [5.74, 6) is 0.477. The average molecular weight is 326 g/mol. The zero-order valence-electron chi connectivity index (χ0n) is 13.2. The van der Waals surface area contributed by atoms with E-state index in [-0.39, 0.29) is 17.8 Å². The lowest BCUT2D eigenvalue weighted by Gasteiger charge is -2.37. The van der Waals surface area contributed by atoms with E-state index in [4.69, 9.17) is 4.74 Å². The fourth-order valence-electron chi connectivity index (χ4n) is 3.48. The Morgan fingerprint density at radius 1 is 1.21 bits per heavy atom. The molecule has 1 amide bonds. The van der Waals surface area contributed by atoms with E-state index < -0.39 is 6.10 Å². The number of hydrogen-bond donors (Lipinski definition) is 1. The molecule has 2 unspecified atom stereocenters. The van der Waals surface area contributed by atoms with Crippen molar-refractivity contribution in [3.63, 3.8) is 0 Å². The van der Waals surface area contributed by atoms with Crippen LogP contribution in [0.2, 0.25) is 0 Å². The number of carbonyl (C=O) groups is 1. The highest BCUT2D eigenvalue weighted by Gasteiger charge is 2.36. The molecule has 0 bridgehead atoms. The number of carbonyl (C=O) groups excluding carboxylic acids is 1. The van der Waals surface area contributed by atoms with Crippen molar-refractivity contribution in [2.75, 3.05) is 19.6 Å². The van der Waals surface area contributed by atoms with Gasteiger partial charge in [0.2, 0.25) is 0 Å². The lowest BCUT2D eigenvalue weighted by atomic mass is 10.0. The molecular weight excluding hydrogens is 307 g/mol. The van der Waals surface area contributed by atoms with Crippen molar-refractivity contribution in [1.82, 2.24) is 10.2 Å². The summed E-state index contributed by atoms with van der Waals surface area (Å²) in [7, 11) is 0. The van der Waals surface area contributed by atoms with Gasteiger partial charge in [0.05, 0.1) is 6.04 Å². The largest absolute Gasteiger partial charge is 0.480 e. The number of fused-ring (bicyclic) bond motifs is 1. The Balaban J connectivity index is 1.56. The minimum absolute atomic E-state index is 0.0260. The van der Waals surface area contributed by atoms with Crippen molar-refractivity contribution >= 4 is 5.91 Å². The number of para-hydroxylation sites is 1. The van der Waals surface area contributed by atoms with Crippen LogP contribution in [0.3, 0.4) is 0 Å². The standard InChI is InChI=1S/C19H19FN2O2/c20-15-6-3-5-13(10-15)16-12-21-8-9-22(16)19(23)18-11-14-4-1-2-7-17(14)24-18/h1-7,10,16,18,21H,8-9,11-12H2. The minimum Gasteiger partial charge on any atom is -0.480 e. The molecule has 1 N–H and O–H groups in total. The Bertz CT molecular complexity index is 740. The van der Waals surface area contributed by atoms with Crippen molar-refractivity contribution < 1.29 is 13.9 Å². The molecule has 2 aromatic rings. The van der Waals surface area contributed by atoms with Crippen LogP contribution in [0.15, 0.2) is 48.5 Å². The smallest absolute Gasteiger partial charge is 0.264 e. The highest BCUT2D eigenvalue weighted by atomic mass is 19.1. The third-order valence-electron chi connectivity index (χ3n) is 4.68. The van der Waals surface area contributed by atoms with Crippen LogP contribution >= 0.6 is 0 Å². The summed E-state index contributed by atoms with van der Waals surface area (Å²) in [6.07, 6.45) is 0.103. The van der Waals surface area contributed by atoms with E-state index in [2.05, 4.69) is 5.32 Å². The van der Waals surface area contributed by atoms with Gasteiger partial charge in [0.1, 0.15) is 11.6 Å². The highest BCUT2D eigenvalue weighted by Crippen LogP contribution is 2.31. The van der Waals surface area contributed by atoms with Crippen LogP contribution in [-0.4, -0.2) is 36.5 Å². The van der Waals surface area contributed by atoms with Gasteiger partial charge in [0.25, 0.3) is 5.91 Å². The van der Waals surface area contributed by atoms with Crippen LogP contribution in [0.1, 0.15) is 17.2 Å². The summed E-state index contributed by atoms with van der Waals surface area (Å²) in [5, 5.41) is 3.29. The second kappa shape index (κ2) is 6.24. The van der Waals surface area contributed by atoms with Crippen LogP contribution in [0.4, 0.5) is 4.39 Å². The Hall–Kier alpha value is -2.40. The first-order chi connectivity index (χ1) is 11.7. The molecule has 0 saturated carbocycles. The van der Waals surface area contributed by atoms with E-state index in [1.54, 1.807) is 6.07 Å². The molecule has 0 aliphatic carbocycles. The van der Waals surface area contributed by atoms with Crippen molar-refractivity contribution in [2.24, 2.45) is 0 Å². The maximum absolute atomic E-state index is 13.6. The summed E-state index contributed by atoms with van der Waals surface area (Å²) in [6.45, 7) is 1.95. The predicted octanol–water partition coefficient (Wildman–Crippen LogP) is 2.30. The molecule has 1 fully saturated rings. The first-order valence-electron chi connectivity index (χ1n) is 8.23. The van der Waals surface area contributed by atoms with Gasteiger partial charge in [0, 0.05) is 26.1 Å². The molecule has 0 radical (unpaired) electrons. The molecule has 5 heteroatoms. The van der Waals surface area contributed by atoms with E-state index in [1.165, 1.54) is 12.1 Å². The van der Waals surface area contributed by atoms with Crippen LogP contribution in [0.25, 0.3) is 0 Å². The van der Waals surface area contributed by atoms with Crippen molar-refractivity contribution in [3.05, 3.63) is 65.5 Å². The topological polar surface area (TPSA) is 41.6 Å². The lowest BCUT2D eigenvalue weighted by molar-refractivity contribution is -0.141. The Labute approximate surface area is 140 Å². The van der Waals surface area contributed by atoms with Gasteiger partial charge < -0.3 is 15.0 Å². The Morgan fingerprint density at radius 3 is 2.92 bits per heavy atom. The highest BCUT2D eigenvalue weighted by molar-refractivity contribution is 5.83. The van der Waals surface area contributed by atoms with Gasteiger partial charge in [-0.05, 0) is 29.3 Å². The summed E-state index contributed by atoms with van der Waals surface area (Å²) < 4.78 is 19.4. The second-order valence-electron chi connectivity index (χ2n) is 6.22. The molecule has 2 aliphatic heterocycles. The van der Waals surface area contributed by atoms with Gasteiger partial charge in [-0.2, -0.15) is 0 Å². The van der Waals surface area contributed by atoms with Gasteiger partial charge >= 0.3 is 0 Å². The molecule has 2 atom stereocenters. The van der Waals surface area contributed by atoms with Crippen LogP contribution < -0.4 is 10.1 Å². The maximum atomic E-state index is 13.6. The van der Waals surface area contributed by atoms with E-state index >= 15 is 0 Å². The zero-order valence-corrected chi connectivity index (χ0v) is 13.2. The van der Waals surface area contributed by atoms with Crippen LogP contribution in [0, 0.1) is 5.82 Å². The number of nitrogens with one attached hydrogen (secondary N) is 1. The summed E-state index contributed by atoms with van der Waals surface area (Å²) in [4.78, 5) is 14.8. The summed E-state index contributed by atoms with van der Waals surface area (Å²) in [6, 6.07) is 14.0. The normalized spacial score (nSPS) is 22.8. The third kappa shape index (κ3) is 2.76. The van der Waals surface area contributed by atoms with Gasteiger partial charge in [-0.3, -0.25) is 4.79 Å². The monoisotopic (exact) mass is 326 g/mol. The van der Waals surface area contributed by atoms with Crippen LogP contribution in [0.5, 0.6) is 5.75 Å². The maximum Gasteiger partial charge on any atom is 0.264 e. The molecule has 2 aromatic carbocycles. The molecule has 0 aromatic heterocycles. The number of amides is 1. The van der Waals surface area contributed by atoms with E-state index in [9.17, 15) is 9.18 Å². The van der Waals surface area contributed by atoms with Crippen molar-refractivity contribution in [1.29, 1.82) is 0 Å². The Kier molecular flexibility index (Phi) is 3.94. The zero-order chi connectivity index (χ0) is 16.5. The molecule has 4 rings (SSSR count). The number of nitrogens with zero attached hydrogens (tertiary/aromatic N) is 1. The molecule has 2 aliphatic rings. The molecule has 0 spiro atoms. The van der Waals surface area contributed by atoms with Gasteiger partial charge in [-0.1, -0.05) is 30.3 Å². The lowest BCUT2D eigenvalue weighted by Crippen LogP contribution is -2.52. The SMILES string of the molecule is O=C(C1Cc2ccccc2O1)N1CCNCC1c1cccc(F)c1. The number of ether oxygens (including phenoxy) is 1. The second-order valence-corrected chi connectivity index (χ2v) is 6.22. The van der Waals surface area contributed by atoms with Crippen molar-refractivity contribution in [3.8, 4) is 5.75 Å². The van der Waals surface area contributed by atoms with Gasteiger partial charge in [-0.15, -0.1) is 0 Å². The molecule has 2 heterocycles. The molecule has 1 saturated heterocycles. The Morgan fingerprint density at radius 2 is 2.08 bits per heavy atom. The number of rotatable bonds is 2. The number of benzene rings is 2. The number of piperazine rings is 1. The molecule has 24 heavy (non-hydrogen) atoms. The van der Waals surface area contributed by atoms with Crippen LogP contribution in [-0.2, 0) is 11.2 Å². The number of halogens is 1. The van der Waals surface area contributed by atoms with Crippen molar-refractivity contribution in [2.45, 2.75) is 18.6 Å². The fraction of sp³-hybridized carbons (Fsp3) is 0.316. The first kappa shape index (κ1) is 15.1. The van der Waals surface area contributed by atoms with E-state index in [1.807, 2.05) is 35.2 Å². The minimum atomic E-state index is -0.489. The number of hydrogen-bond acceptors (Lipinski definition) is 3. The molecular formula is C19H19FN2O2. The average Bonchev–Trinajstić information content (AvgIpc) is 3.05. The van der Waals surface area contributed by atoms with Gasteiger partial charge in [-0.25, -0.2) is 4.39 Å². The van der Waals surface area contributed by atoms with E-state index in [0.717, 1.165) is 23.4 Å². The summed E-state index contributed by atoms with van der Waals surface area (Å²) in [5.41, 5.74) is 1.87. The third-order valence-corrected chi connectivity index (χ3v) is 4.68. The van der Waals surface area contributed by atoms with Gasteiger partial charge in [0.15, 0.2) is 6.10 Å². The first-order valence-corrected chi connectivity index (χ1v) is 8.23.